The molecule has 2 fully saturated rings. The predicted molar refractivity (Wildman–Crippen MR) is 87.4 cm³/mol. The second-order valence-corrected chi connectivity index (χ2v) is 6.44. The van der Waals surface area contributed by atoms with Crippen LogP contribution >= 0.6 is 0 Å². The van der Waals surface area contributed by atoms with Crippen LogP contribution in [0.1, 0.15) is 34.3 Å². The molecule has 1 aromatic carbocycles. The van der Waals surface area contributed by atoms with Gasteiger partial charge in [0, 0.05) is 38.3 Å². The van der Waals surface area contributed by atoms with E-state index in [4.69, 9.17) is 4.74 Å². The molecule has 2 aliphatic heterocycles. The lowest BCUT2D eigenvalue weighted by Crippen LogP contribution is -2.52. The summed E-state index contributed by atoms with van der Waals surface area (Å²) in [6.45, 7) is 7.00. The highest BCUT2D eigenvalue weighted by Gasteiger charge is 2.31. The van der Waals surface area contributed by atoms with Gasteiger partial charge in [0.25, 0.3) is 11.8 Å². The van der Waals surface area contributed by atoms with Crippen molar-refractivity contribution in [1.82, 2.24) is 9.80 Å². The maximum Gasteiger partial charge on any atom is 0.254 e. The molecule has 5 heteroatoms. The highest BCUT2D eigenvalue weighted by atomic mass is 16.5. The summed E-state index contributed by atoms with van der Waals surface area (Å²) >= 11 is 0. The third-order valence-corrected chi connectivity index (χ3v) is 4.71. The van der Waals surface area contributed by atoms with E-state index in [0.29, 0.717) is 32.8 Å². The summed E-state index contributed by atoms with van der Waals surface area (Å²) in [6.07, 6.45) is 1.51. The first-order valence-electron chi connectivity index (χ1n) is 8.33. The second-order valence-electron chi connectivity index (χ2n) is 6.44. The number of hydrogen-bond acceptors (Lipinski definition) is 3. The molecule has 23 heavy (non-hydrogen) atoms. The van der Waals surface area contributed by atoms with Gasteiger partial charge in [-0.3, -0.25) is 9.59 Å². The molecule has 0 aromatic heterocycles. The first kappa shape index (κ1) is 16.0. The summed E-state index contributed by atoms with van der Waals surface area (Å²) in [5.41, 5.74) is 2.86. The SMILES string of the molecule is Cc1ccc(C)c(C(=O)N2CCN(C(=O)C3CCCO3)CC2)c1. The van der Waals surface area contributed by atoms with Gasteiger partial charge in [-0.2, -0.15) is 0 Å². The van der Waals surface area contributed by atoms with Crippen LogP contribution in [0.5, 0.6) is 0 Å². The van der Waals surface area contributed by atoms with Crippen LogP contribution in [0.15, 0.2) is 18.2 Å². The Morgan fingerprint density at radius 1 is 1.09 bits per heavy atom. The Balaban J connectivity index is 1.61. The number of carbonyl (C=O) groups is 2. The van der Waals surface area contributed by atoms with E-state index in [0.717, 1.165) is 29.5 Å². The number of carbonyl (C=O) groups excluding carboxylic acids is 2. The van der Waals surface area contributed by atoms with Crippen molar-refractivity contribution in [3.63, 3.8) is 0 Å². The van der Waals surface area contributed by atoms with E-state index in [-0.39, 0.29) is 17.9 Å². The smallest absolute Gasteiger partial charge is 0.254 e. The van der Waals surface area contributed by atoms with Crippen LogP contribution in [0, 0.1) is 13.8 Å². The van der Waals surface area contributed by atoms with Crippen molar-refractivity contribution >= 4 is 11.8 Å². The van der Waals surface area contributed by atoms with Crippen molar-refractivity contribution < 1.29 is 14.3 Å². The second kappa shape index (κ2) is 6.71. The van der Waals surface area contributed by atoms with Crippen molar-refractivity contribution in [2.75, 3.05) is 32.8 Å². The molecular formula is C18H24N2O3. The normalized spacial score (nSPS) is 21.6. The van der Waals surface area contributed by atoms with Crippen LogP contribution in [-0.4, -0.2) is 60.5 Å². The van der Waals surface area contributed by atoms with Gasteiger partial charge < -0.3 is 14.5 Å². The van der Waals surface area contributed by atoms with Gasteiger partial charge in [-0.05, 0) is 38.3 Å². The molecule has 0 aliphatic carbocycles. The summed E-state index contributed by atoms with van der Waals surface area (Å²) in [5, 5.41) is 0. The topological polar surface area (TPSA) is 49.9 Å². The van der Waals surface area contributed by atoms with E-state index < -0.39 is 0 Å². The van der Waals surface area contributed by atoms with Gasteiger partial charge in [0.1, 0.15) is 6.10 Å². The Morgan fingerprint density at radius 3 is 2.43 bits per heavy atom. The summed E-state index contributed by atoms with van der Waals surface area (Å²) in [7, 11) is 0. The van der Waals surface area contributed by atoms with Gasteiger partial charge in [0.2, 0.25) is 0 Å². The molecule has 0 radical (unpaired) electrons. The fourth-order valence-corrected chi connectivity index (χ4v) is 3.24. The minimum Gasteiger partial charge on any atom is -0.368 e. The summed E-state index contributed by atoms with van der Waals surface area (Å²) in [6, 6.07) is 5.95. The standard InChI is InChI=1S/C18H24N2O3/c1-13-5-6-14(2)15(12-13)17(21)19-7-9-20(10-8-19)18(22)16-4-3-11-23-16/h5-6,12,16H,3-4,7-11H2,1-2H3. The molecule has 1 unspecified atom stereocenters. The number of ether oxygens (including phenoxy) is 1. The van der Waals surface area contributed by atoms with E-state index in [1.54, 1.807) is 0 Å². The van der Waals surface area contributed by atoms with E-state index in [9.17, 15) is 9.59 Å². The van der Waals surface area contributed by atoms with Crippen LogP contribution < -0.4 is 0 Å². The third kappa shape index (κ3) is 3.39. The third-order valence-electron chi connectivity index (χ3n) is 4.71. The van der Waals surface area contributed by atoms with Crippen molar-refractivity contribution in [3.8, 4) is 0 Å². The maximum absolute atomic E-state index is 12.7. The average Bonchev–Trinajstić information content (AvgIpc) is 3.10. The minimum atomic E-state index is -0.267. The lowest BCUT2D eigenvalue weighted by atomic mass is 10.0. The Labute approximate surface area is 137 Å². The van der Waals surface area contributed by atoms with Gasteiger partial charge in [-0.25, -0.2) is 0 Å². The number of aryl methyl sites for hydroxylation is 2. The molecule has 1 atom stereocenters. The van der Waals surface area contributed by atoms with Crippen LogP contribution in [0.25, 0.3) is 0 Å². The molecule has 1 aromatic rings. The number of nitrogens with zero attached hydrogens (tertiary/aromatic N) is 2. The molecule has 0 bridgehead atoms. The Kier molecular flexibility index (Phi) is 4.66. The first-order valence-corrected chi connectivity index (χ1v) is 8.33. The van der Waals surface area contributed by atoms with Gasteiger partial charge in [-0.15, -0.1) is 0 Å². The summed E-state index contributed by atoms with van der Waals surface area (Å²) in [4.78, 5) is 28.7. The molecule has 3 rings (SSSR count). The average molecular weight is 316 g/mol. The van der Waals surface area contributed by atoms with Crippen molar-refractivity contribution in [3.05, 3.63) is 34.9 Å². The largest absolute Gasteiger partial charge is 0.368 e. The Bertz CT molecular complexity index is 600. The molecule has 0 saturated carbocycles. The van der Waals surface area contributed by atoms with Crippen LogP contribution in [-0.2, 0) is 9.53 Å². The molecule has 124 valence electrons. The van der Waals surface area contributed by atoms with Crippen LogP contribution in [0.4, 0.5) is 0 Å². The highest BCUT2D eigenvalue weighted by molar-refractivity contribution is 5.96. The van der Waals surface area contributed by atoms with Gasteiger partial charge >= 0.3 is 0 Å². The molecule has 2 amide bonds. The van der Waals surface area contributed by atoms with Gasteiger partial charge in [0.05, 0.1) is 0 Å². The Hall–Kier alpha value is -1.88. The molecule has 0 spiro atoms. The van der Waals surface area contributed by atoms with E-state index in [2.05, 4.69) is 0 Å². The lowest BCUT2D eigenvalue weighted by molar-refractivity contribution is -0.142. The van der Waals surface area contributed by atoms with E-state index in [1.165, 1.54) is 0 Å². The van der Waals surface area contributed by atoms with E-state index in [1.807, 2.05) is 41.8 Å². The zero-order valence-electron chi connectivity index (χ0n) is 13.9. The molecule has 2 heterocycles. The predicted octanol–water partition coefficient (Wildman–Crippen LogP) is 1.77. The monoisotopic (exact) mass is 316 g/mol. The molecule has 2 saturated heterocycles. The highest BCUT2D eigenvalue weighted by Crippen LogP contribution is 2.18. The Morgan fingerprint density at radius 2 is 1.78 bits per heavy atom. The lowest BCUT2D eigenvalue weighted by Gasteiger charge is -2.36. The molecular weight excluding hydrogens is 292 g/mol. The number of piperazine rings is 1. The summed E-state index contributed by atoms with van der Waals surface area (Å²) < 4.78 is 5.47. The van der Waals surface area contributed by atoms with Crippen LogP contribution in [0.2, 0.25) is 0 Å². The van der Waals surface area contributed by atoms with Crippen molar-refractivity contribution in [2.24, 2.45) is 0 Å². The summed E-state index contributed by atoms with van der Waals surface area (Å²) in [5.74, 6) is 0.150. The molecule has 5 nitrogen and oxygen atoms in total. The molecule has 2 aliphatic rings. The van der Waals surface area contributed by atoms with E-state index >= 15 is 0 Å². The zero-order chi connectivity index (χ0) is 16.4. The van der Waals surface area contributed by atoms with Gasteiger partial charge in [0.15, 0.2) is 0 Å². The van der Waals surface area contributed by atoms with Crippen molar-refractivity contribution in [1.29, 1.82) is 0 Å². The fourth-order valence-electron chi connectivity index (χ4n) is 3.24. The quantitative estimate of drug-likeness (QED) is 0.835. The maximum atomic E-state index is 12.7. The number of benzene rings is 1. The zero-order valence-corrected chi connectivity index (χ0v) is 13.9. The molecule has 0 N–H and O–H groups in total. The van der Waals surface area contributed by atoms with Crippen molar-refractivity contribution in [2.45, 2.75) is 32.8 Å². The first-order chi connectivity index (χ1) is 11.1. The fraction of sp³-hybridized carbons (Fsp3) is 0.556. The number of rotatable bonds is 2. The number of amides is 2. The van der Waals surface area contributed by atoms with Gasteiger partial charge in [-0.1, -0.05) is 17.7 Å². The minimum absolute atomic E-state index is 0.0652. The number of hydrogen-bond donors (Lipinski definition) is 0. The van der Waals surface area contributed by atoms with Crippen LogP contribution in [0.3, 0.4) is 0 Å².